The summed E-state index contributed by atoms with van der Waals surface area (Å²) in [6.07, 6.45) is 3.54. The quantitative estimate of drug-likeness (QED) is 0.865. The van der Waals surface area contributed by atoms with Crippen molar-refractivity contribution in [3.05, 3.63) is 53.9 Å². The molecule has 0 bridgehead atoms. The molecule has 2 aromatic rings. The first-order valence-electron chi connectivity index (χ1n) is 6.16. The summed E-state index contributed by atoms with van der Waals surface area (Å²) in [7, 11) is 1.64. The number of pyridine rings is 1. The number of methoxy groups -OCH3 is 1. The Morgan fingerprint density at radius 3 is 2.58 bits per heavy atom. The number of nitrogens with zero attached hydrogens (tertiary/aromatic N) is 1. The standard InChI is InChI=1S/C15H18N2O2/c1-11-7-8-16-9-14(11)15(10-18)17-12-3-5-13(19-2)6-4-12/h3-9,15,17-18H,10H2,1-2H3. The molecule has 0 saturated heterocycles. The van der Waals surface area contributed by atoms with Gasteiger partial charge in [-0.1, -0.05) is 0 Å². The van der Waals surface area contributed by atoms with Crippen LogP contribution in [0, 0.1) is 6.92 Å². The number of nitrogens with one attached hydrogen (secondary N) is 1. The molecular weight excluding hydrogens is 240 g/mol. The molecule has 2 rings (SSSR count). The molecule has 4 nitrogen and oxygen atoms in total. The zero-order chi connectivity index (χ0) is 13.7. The van der Waals surface area contributed by atoms with Gasteiger partial charge in [-0.25, -0.2) is 0 Å². The molecule has 0 aliphatic carbocycles. The highest BCUT2D eigenvalue weighted by Gasteiger charge is 2.12. The topological polar surface area (TPSA) is 54.4 Å². The Hall–Kier alpha value is -2.07. The van der Waals surface area contributed by atoms with Gasteiger partial charge >= 0.3 is 0 Å². The Balaban J connectivity index is 2.17. The number of ether oxygens (including phenoxy) is 1. The number of rotatable bonds is 5. The molecule has 0 aliphatic heterocycles. The van der Waals surface area contributed by atoms with E-state index in [0.717, 1.165) is 22.6 Å². The molecular formula is C15H18N2O2. The third-order valence-corrected chi connectivity index (χ3v) is 3.07. The van der Waals surface area contributed by atoms with Crippen LogP contribution >= 0.6 is 0 Å². The number of aliphatic hydroxyl groups excluding tert-OH is 1. The van der Waals surface area contributed by atoms with Gasteiger partial charge in [0.2, 0.25) is 0 Å². The highest BCUT2D eigenvalue weighted by Crippen LogP contribution is 2.23. The van der Waals surface area contributed by atoms with Gasteiger partial charge in [-0.15, -0.1) is 0 Å². The first-order chi connectivity index (χ1) is 9.24. The van der Waals surface area contributed by atoms with Crippen molar-refractivity contribution >= 4 is 5.69 Å². The number of aryl methyl sites for hydroxylation is 1. The Morgan fingerprint density at radius 1 is 1.26 bits per heavy atom. The zero-order valence-corrected chi connectivity index (χ0v) is 11.1. The van der Waals surface area contributed by atoms with Crippen LogP contribution in [0.15, 0.2) is 42.7 Å². The Morgan fingerprint density at radius 2 is 2.00 bits per heavy atom. The maximum Gasteiger partial charge on any atom is 0.119 e. The molecule has 2 N–H and O–H groups in total. The lowest BCUT2D eigenvalue weighted by Crippen LogP contribution is -2.16. The van der Waals surface area contributed by atoms with E-state index in [4.69, 9.17) is 4.74 Å². The van der Waals surface area contributed by atoms with Crippen molar-refractivity contribution in [1.29, 1.82) is 0 Å². The van der Waals surface area contributed by atoms with E-state index in [1.54, 1.807) is 19.5 Å². The Bertz CT molecular complexity index is 526. The molecule has 0 radical (unpaired) electrons. The predicted molar refractivity (Wildman–Crippen MR) is 75.4 cm³/mol. The van der Waals surface area contributed by atoms with E-state index in [1.165, 1.54) is 0 Å². The highest BCUT2D eigenvalue weighted by atomic mass is 16.5. The molecule has 1 aromatic heterocycles. The van der Waals surface area contributed by atoms with Crippen LogP contribution in [0.2, 0.25) is 0 Å². The number of aliphatic hydroxyl groups is 1. The number of aromatic nitrogens is 1. The van der Waals surface area contributed by atoms with Gasteiger partial charge < -0.3 is 15.2 Å². The van der Waals surface area contributed by atoms with Gasteiger partial charge in [0.1, 0.15) is 5.75 Å². The zero-order valence-electron chi connectivity index (χ0n) is 11.1. The molecule has 100 valence electrons. The average Bonchev–Trinajstić information content (AvgIpc) is 2.46. The second kappa shape index (κ2) is 6.20. The number of hydrogen-bond donors (Lipinski definition) is 2. The van der Waals surface area contributed by atoms with Gasteiger partial charge in [0.25, 0.3) is 0 Å². The van der Waals surface area contributed by atoms with Gasteiger partial charge in [-0.05, 0) is 48.4 Å². The summed E-state index contributed by atoms with van der Waals surface area (Å²) in [4.78, 5) is 4.11. The molecule has 0 spiro atoms. The fraction of sp³-hybridized carbons (Fsp3) is 0.267. The first-order valence-corrected chi connectivity index (χ1v) is 6.16. The molecule has 0 aliphatic rings. The van der Waals surface area contributed by atoms with E-state index < -0.39 is 0 Å². The van der Waals surface area contributed by atoms with Crippen molar-refractivity contribution in [1.82, 2.24) is 4.98 Å². The van der Waals surface area contributed by atoms with Crippen LogP contribution in [0.3, 0.4) is 0 Å². The second-order valence-corrected chi connectivity index (χ2v) is 4.34. The number of anilines is 1. The summed E-state index contributed by atoms with van der Waals surface area (Å²) in [6.45, 7) is 2.02. The monoisotopic (exact) mass is 258 g/mol. The lowest BCUT2D eigenvalue weighted by molar-refractivity contribution is 0.276. The SMILES string of the molecule is COc1ccc(NC(CO)c2cnccc2C)cc1. The van der Waals surface area contributed by atoms with Gasteiger partial charge in [0.15, 0.2) is 0 Å². The fourth-order valence-electron chi connectivity index (χ4n) is 1.95. The Labute approximate surface area is 113 Å². The fourth-order valence-corrected chi connectivity index (χ4v) is 1.95. The molecule has 1 unspecified atom stereocenters. The van der Waals surface area contributed by atoms with Gasteiger partial charge in [-0.2, -0.15) is 0 Å². The van der Waals surface area contributed by atoms with Crippen LogP contribution in [-0.4, -0.2) is 23.8 Å². The van der Waals surface area contributed by atoms with Crippen LogP contribution in [0.1, 0.15) is 17.2 Å². The molecule has 0 fully saturated rings. The molecule has 0 amide bonds. The lowest BCUT2D eigenvalue weighted by atomic mass is 10.0. The van der Waals surface area contributed by atoms with Crippen LogP contribution in [0.25, 0.3) is 0 Å². The van der Waals surface area contributed by atoms with E-state index in [2.05, 4.69) is 10.3 Å². The summed E-state index contributed by atoms with van der Waals surface area (Å²) in [6, 6.07) is 9.38. The van der Waals surface area contributed by atoms with Crippen molar-refractivity contribution in [2.75, 3.05) is 19.0 Å². The van der Waals surface area contributed by atoms with Crippen molar-refractivity contribution in [2.24, 2.45) is 0 Å². The van der Waals surface area contributed by atoms with Crippen molar-refractivity contribution < 1.29 is 9.84 Å². The van der Waals surface area contributed by atoms with Crippen LogP contribution in [-0.2, 0) is 0 Å². The van der Waals surface area contributed by atoms with Crippen molar-refractivity contribution in [2.45, 2.75) is 13.0 Å². The van der Waals surface area contributed by atoms with Gasteiger partial charge in [0.05, 0.1) is 19.8 Å². The van der Waals surface area contributed by atoms with Crippen molar-refractivity contribution in [3.8, 4) is 5.75 Å². The second-order valence-electron chi connectivity index (χ2n) is 4.34. The van der Waals surface area contributed by atoms with E-state index >= 15 is 0 Å². The van der Waals surface area contributed by atoms with Crippen LogP contribution in [0.5, 0.6) is 5.75 Å². The minimum absolute atomic E-state index is 0.0125. The van der Waals surface area contributed by atoms with Crippen LogP contribution < -0.4 is 10.1 Å². The third-order valence-electron chi connectivity index (χ3n) is 3.07. The minimum Gasteiger partial charge on any atom is -0.497 e. The maximum atomic E-state index is 9.55. The summed E-state index contributed by atoms with van der Waals surface area (Å²) in [5, 5.41) is 12.8. The molecule has 0 saturated carbocycles. The summed E-state index contributed by atoms with van der Waals surface area (Å²) < 4.78 is 5.12. The first kappa shape index (κ1) is 13.4. The third kappa shape index (κ3) is 3.23. The smallest absolute Gasteiger partial charge is 0.119 e. The van der Waals surface area contributed by atoms with Crippen LogP contribution in [0.4, 0.5) is 5.69 Å². The predicted octanol–water partition coefficient (Wildman–Crippen LogP) is 2.54. The maximum absolute atomic E-state index is 9.55. The van der Waals surface area contributed by atoms with Crippen molar-refractivity contribution in [3.63, 3.8) is 0 Å². The summed E-state index contributed by atoms with van der Waals surface area (Å²) >= 11 is 0. The lowest BCUT2D eigenvalue weighted by Gasteiger charge is -2.19. The molecule has 1 aromatic carbocycles. The molecule has 19 heavy (non-hydrogen) atoms. The molecule has 1 heterocycles. The average molecular weight is 258 g/mol. The van der Waals surface area contributed by atoms with E-state index in [9.17, 15) is 5.11 Å². The number of benzene rings is 1. The summed E-state index contributed by atoms with van der Waals surface area (Å²) in [5.74, 6) is 0.809. The Kier molecular flexibility index (Phi) is 4.36. The summed E-state index contributed by atoms with van der Waals surface area (Å²) in [5.41, 5.74) is 3.04. The van der Waals surface area contributed by atoms with E-state index in [1.807, 2.05) is 37.3 Å². The number of hydrogen-bond acceptors (Lipinski definition) is 4. The minimum atomic E-state index is -0.165. The van der Waals surface area contributed by atoms with E-state index in [0.29, 0.717) is 0 Å². The molecule has 1 atom stereocenters. The van der Waals surface area contributed by atoms with E-state index in [-0.39, 0.29) is 12.6 Å². The normalized spacial score (nSPS) is 11.9. The van der Waals surface area contributed by atoms with Gasteiger partial charge in [0, 0.05) is 18.1 Å². The highest BCUT2D eigenvalue weighted by molar-refractivity contribution is 5.48. The molecule has 4 heteroatoms. The largest absolute Gasteiger partial charge is 0.497 e. The van der Waals surface area contributed by atoms with Gasteiger partial charge in [-0.3, -0.25) is 4.98 Å².